The number of Topliss-reactive ketones (excluding diaryl/α,β-unsaturated/α-hetero) is 1. The Balaban J connectivity index is 2.28. The SMILES string of the molecule is COc1cccc(N(C)c2ccc(C(C)=O)o2)c1. The van der Waals surface area contributed by atoms with E-state index in [1.807, 2.05) is 36.2 Å². The van der Waals surface area contributed by atoms with Crippen LogP contribution in [-0.4, -0.2) is 19.9 Å². The summed E-state index contributed by atoms with van der Waals surface area (Å²) in [6.07, 6.45) is 0. The van der Waals surface area contributed by atoms with Crippen molar-refractivity contribution in [1.82, 2.24) is 0 Å². The second-order valence-corrected chi connectivity index (χ2v) is 3.95. The maximum Gasteiger partial charge on any atom is 0.200 e. The Morgan fingerprint density at radius 1 is 1.28 bits per heavy atom. The zero-order valence-corrected chi connectivity index (χ0v) is 10.6. The lowest BCUT2D eigenvalue weighted by molar-refractivity contribution is 0.0988. The van der Waals surface area contributed by atoms with E-state index in [0.717, 1.165) is 11.4 Å². The minimum absolute atomic E-state index is 0.0831. The van der Waals surface area contributed by atoms with E-state index in [-0.39, 0.29) is 5.78 Å². The first-order valence-electron chi connectivity index (χ1n) is 5.60. The quantitative estimate of drug-likeness (QED) is 0.775. The van der Waals surface area contributed by atoms with Crippen molar-refractivity contribution in [2.45, 2.75) is 6.92 Å². The fourth-order valence-corrected chi connectivity index (χ4v) is 1.64. The first-order chi connectivity index (χ1) is 8.61. The standard InChI is InChI=1S/C14H15NO3/c1-10(16)13-7-8-14(18-13)15(2)11-5-4-6-12(9-11)17-3/h4-9H,1-3H3. The highest BCUT2D eigenvalue weighted by molar-refractivity contribution is 5.91. The van der Waals surface area contributed by atoms with Gasteiger partial charge in [-0.1, -0.05) is 6.07 Å². The van der Waals surface area contributed by atoms with Crippen LogP contribution in [0.1, 0.15) is 17.5 Å². The van der Waals surface area contributed by atoms with Gasteiger partial charge in [-0.15, -0.1) is 0 Å². The summed E-state index contributed by atoms with van der Waals surface area (Å²) in [5, 5.41) is 0. The fourth-order valence-electron chi connectivity index (χ4n) is 1.64. The lowest BCUT2D eigenvalue weighted by Gasteiger charge is -2.16. The van der Waals surface area contributed by atoms with Gasteiger partial charge in [0.2, 0.25) is 0 Å². The maximum absolute atomic E-state index is 11.2. The number of benzene rings is 1. The van der Waals surface area contributed by atoms with E-state index in [0.29, 0.717) is 11.6 Å². The molecule has 0 bridgehead atoms. The minimum Gasteiger partial charge on any atom is -0.497 e. The van der Waals surface area contributed by atoms with Crippen LogP contribution in [0.15, 0.2) is 40.8 Å². The van der Waals surface area contributed by atoms with Crippen molar-refractivity contribution < 1.29 is 13.9 Å². The number of carbonyl (C=O) groups excluding carboxylic acids is 1. The van der Waals surface area contributed by atoms with Gasteiger partial charge in [0.05, 0.1) is 7.11 Å². The van der Waals surface area contributed by atoms with Gasteiger partial charge in [0.15, 0.2) is 17.4 Å². The molecule has 0 spiro atoms. The normalized spacial score (nSPS) is 10.2. The van der Waals surface area contributed by atoms with Crippen LogP contribution in [0.25, 0.3) is 0 Å². The van der Waals surface area contributed by atoms with Crippen LogP contribution in [0.2, 0.25) is 0 Å². The molecule has 1 aromatic heterocycles. The minimum atomic E-state index is -0.0831. The molecular weight excluding hydrogens is 230 g/mol. The fraction of sp³-hybridized carbons (Fsp3) is 0.214. The number of hydrogen-bond donors (Lipinski definition) is 0. The molecule has 1 aromatic carbocycles. The number of methoxy groups -OCH3 is 1. The molecule has 0 N–H and O–H groups in total. The molecule has 2 rings (SSSR count). The molecule has 1 heterocycles. The van der Waals surface area contributed by atoms with Gasteiger partial charge in [-0.3, -0.25) is 4.79 Å². The van der Waals surface area contributed by atoms with Gasteiger partial charge in [-0.05, 0) is 18.2 Å². The summed E-state index contributed by atoms with van der Waals surface area (Å²) in [6, 6.07) is 11.1. The molecule has 0 fully saturated rings. The zero-order valence-electron chi connectivity index (χ0n) is 10.6. The third kappa shape index (κ3) is 2.37. The first-order valence-corrected chi connectivity index (χ1v) is 5.60. The Morgan fingerprint density at radius 2 is 2.06 bits per heavy atom. The van der Waals surface area contributed by atoms with E-state index in [9.17, 15) is 4.79 Å². The molecule has 18 heavy (non-hydrogen) atoms. The van der Waals surface area contributed by atoms with Crippen molar-refractivity contribution >= 4 is 17.4 Å². The lowest BCUT2D eigenvalue weighted by Crippen LogP contribution is -2.08. The number of anilines is 2. The van der Waals surface area contributed by atoms with Gasteiger partial charge in [-0.25, -0.2) is 0 Å². The molecule has 0 aliphatic carbocycles. The maximum atomic E-state index is 11.2. The Labute approximate surface area is 106 Å². The zero-order chi connectivity index (χ0) is 13.1. The molecule has 0 atom stereocenters. The molecule has 0 saturated heterocycles. The number of nitrogens with zero attached hydrogens (tertiary/aromatic N) is 1. The van der Waals surface area contributed by atoms with Crippen molar-refractivity contribution in [2.24, 2.45) is 0 Å². The van der Waals surface area contributed by atoms with Crippen molar-refractivity contribution in [3.63, 3.8) is 0 Å². The molecule has 94 valence electrons. The van der Waals surface area contributed by atoms with Crippen molar-refractivity contribution in [1.29, 1.82) is 0 Å². The van der Waals surface area contributed by atoms with Crippen LogP contribution < -0.4 is 9.64 Å². The third-order valence-corrected chi connectivity index (χ3v) is 2.71. The highest BCUT2D eigenvalue weighted by Crippen LogP contribution is 2.28. The van der Waals surface area contributed by atoms with Gasteiger partial charge in [0.25, 0.3) is 0 Å². The molecule has 0 amide bonds. The number of ketones is 1. The van der Waals surface area contributed by atoms with Crippen LogP contribution in [0, 0.1) is 0 Å². The van der Waals surface area contributed by atoms with E-state index in [4.69, 9.17) is 9.15 Å². The van der Waals surface area contributed by atoms with Gasteiger partial charge < -0.3 is 14.1 Å². The Morgan fingerprint density at radius 3 is 2.67 bits per heavy atom. The number of carbonyl (C=O) groups is 1. The van der Waals surface area contributed by atoms with Crippen LogP contribution in [0.3, 0.4) is 0 Å². The molecule has 2 aromatic rings. The molecule has 0 unspecified atom stereocenters. The molecule has 0 aliphatic heterocycles. The number of furan rings is 1. The number of hydrogen-bond acceptors (Lipinski definition) is 4. The molecule has 4 nitrogen and oxygen atoms in total. The van der Waals surface area contributed by atoms with E-state index >= 15 is 0 Å². The summed E-state index contributed by atoms with van der Waals surface area (Å²) in [5.74, 6) is 1.67. The third-order valence-electron chi connectivity index (χ3n) is 2.71. The second kappa shape index (κ2) is 4.96. The molecule has 0 radical (unpaired) electrons. The first kappa shape index (κ1) is 12.2. The second-order valence-electron chi connectivity index (χ2n) is 3.95. The van der Waals surface area contributed by atoms with Crippen LogP contribution >= 0.6 is 0 Å². The van der Waals surface area contributed by atoms with Gasteiger partial charge >= 0.3 is 0 Å². The Kier molecular flexibility index (Phi) is 3.37. The molecular formula is C14H15NO3. The Hall–Kier alpha value is -2.23. The summed E-state index contributed by atoms with van der Waals surface area (Å²) in [5.41, 5.74) is 0.929. The van der Waals surface area contributed by atoms with Crippen LogP contribution in [0.5, 0.6) is 5.75 Å². The predicted octanol–water partition coefficient (Wildman–Crippen LogP) is 3.26. The van der Waals surface area contributed by atoms with Gasteiger partial charge in [0, 0.05) is 31.8 Å². The highest BCUT2D eigenvalue weighted by Gasteiger charge is 2.11. The topological polar surface area (TPSA) is 42.7 Å². The highest BCUT2D eigenvalue weighted by atomic mass is 16.5. The summed E-state index contributed by atoms with van der Waals surface area (Å²) in [4.78, 5) is 13.0. The summed E-state index contributed by atoms with van der Waals surface area (Å²) in [7, 11) is 3.50. The van der Waals surface area contributed by atoms with E-state index in [1.165, 1.54) is 6.92 Å². The van der Waals surface area contributed by atoms with E-state index in [1.54, 1.807) is 19.2 Å². The van der Waals surface area contributed by atoms with Crippen LogP contribution in [0.4, 0.5) is 11.6 Å². The van der Waals surface area contributed by atoms with Gasteiger partial charge in [-0.2, -0.15) is 0 Å². The average Bonchev–Trinajstić information content (AvgIpc) is 2.87. The molecule has 0 aliphatic rings. The van der Waals surface area contributed by atoms with Crippen molar-refractivity contribution in [3.05, 3.63) is 42.2 Å². The summed E-state index contributed by atoms with van der Waals surface area (Å²) in [6.45, 7) is 1.48. The average molecular weight is 245 g/mol. The Bertz CT molecular complexity index is 560. The summed E-state index contributed by atoms with van der Waals surface area (Å²) < 4.78 is 10.6. The predicted molar refractivity (Wildman–Crippen MR) is 69.8 cm³/mol. The van der Waals surface area contributed by atoms with E-state index in [2.05, 4.69) is 0 Å². The van der Waals surface area contributed by atoms with Crippen molar-refractivity contribution in [3.8, 4) is 5.75 Å². The number of rotatable bonds is 4. The van der Waals surface area contributed by atoms with Gasteiger partial charge in [0.1, 0.15) is 5.75 Å². The van der Waals surface area contributed by atoms with E-state index < -0.39 is 0 Å². The lowest BCUT2D eigenvalue weighted by atomic mass is 10.3. The largest absolute Gasteiger partial charge is 0.497 e. The number of ether oxygens (including phenoxy) is 1. The molecule has 4 heteroatoms. The monoisotopic (exact) mass is 245 g/mol. The van der Waals surface area contributed by atoms with Crippen molar-refractivity contribution in [2.75, 3.05) is 19.1 Å². The smallest absolute Gasteiger partial charge is 0.200 e. The van der Waals surface area contributed by atoms with Crippen LogP contribution in [-0.2, 0) is 0 Å². The summed E-state index contributed by atoms with van der Waals surface area (Å²) >= 11 is 0. The molecule has 0 saturated carbocycles.